The van der Waals surface area contributed by atoms with E-state index in [1.807, 2.05) is 6.26 Å². The van der Waals surface area contributed by atoms with E-state index >= 15 is 0 Å². The van der Waals surface area contributed by atoms with Crippen LogP contribution < -0.4 is 10.6 Å². The molecule has 1 atom stereocenters. The zero-order valence-electron chi connectivity index (χ0n) is 12.9. The summed E-state index contributed by atoms with van der Waals surface area (Å²) in [5, 5.41) is 14.4. The maximum Gasteiger partial charge on any atom is 0.326 e. The minimum Gasteiger partial charge on any atom is -0.480 e. The Labute approximate surface area is 125 Å². The summed E-state index contributed by atoms with van der Waals surface area (Å²) in [6.45, 7) is 9.35. The van der Waals surface area contributed by atoms with Gasteiger partial charge in [0.1, 0.15) is 6.04 Å². The van der Waals surface area contributed by atoms with Crippen molar-refractivity contribution in [2.45, 2.75) is 40.2 Å². The second-order valence-electron chi connectivity index (χ2n) is 6.52. The molecule has 0 radical (unpaired) electrons. The van der Waals surface area contributed by atoms with E-state index in [9.17, 15) is 9.59 Å². The zero-order chi connectivity index (χ0) is 15.6. The number of aliphatic carboxylic acids is 1. The van der Waals surface area contributed by atoms with E-state index in [0.29, 0.717) is 24.6 Å². The quantitative estimate of drug-likeness (QED) is 0.673. The molecule has 1 aliphatic rings. The van der Waals surface area contributed by atoms with Gasteiger partial charge < -0.3 is 15.7 Å². The van der Waals surface area contributed by atoms with E-state index in [4.69, 9.17) is 5.11 Å². The Kier molecular flexibility index (Phi) is 5.35. The average Bonchev–Trinajstić information content (AvgIpc) is 2.72. The number of carbonyl (C=O) groups excluding carboxylic acids is 1. The van der Waals surface area contributed by atoms with Gasteiger partial charge in [0.2, 0.25) is 0 Å². The smallest absolute Gasteiger partial charge is 0.326 e. The van der Waals surface area contributed by atoms with Gasteiger partial charge in [0.15, 0.2) is 0 Å². The van der Waals surface area contributed by atoms with Crippen LogP contribution in [0.2, 0.25) is 0 Å². The van der Waals surface area contributed by atoms with Crippen LogP contribution in [0.3, 0.4) is 0 Å². The molecule has 1 saturated carbocycles. The fraction of sp³-hybridized carbons (Fsp3) is 0.857. The second kappa shape index (κ2) is 6.24. The Balaban J connectivity index is 2.38. The van der Waals surface area contributed by atoms with Crippen LogP contribution in [-0.4, -0.2) is 41.7 Å². The van der Waals surface area contributed by atoms with Gasteiger partial charge in [-0.2, -0.15) is 11.8 Å². The molecule has 0 bridgehead atoms. The average molecular weight is 302 g/mol. The minimum atomic E-state index is -0.985. The van der Waals surface area contributed by atoms with Crippen molar-refractivity contribution in [3.05, 3.63) is 0 Å². The molecule has 6 heteroatoms. The first kappa shape index (κ1) is 17.1. The summed E-state index contributed by atoms with van der Waals surface area (Å²) in [5.74, 6) is 0.149. The molecule has 116 valence electrons. The molecule has 1 rings (SSSR count). The van der Waals surface area contributed by atoms with Gasteiger partial charge in [-0.05, 0) is 35.2 Å². The predicted molar refractivity (Wildman–Crippen MR) is 82.0 cm³/mol. The summed E-state index contributed by atoms with van der Waals surface area (Å²) in [6.07, 6.45) is 2.35. The van der Waals surface area contributed by atoms with Crippen LogP contribution in [0.1, 0.15) is 34.1 Å². The minimum absolute atomic E-state index is 0.214. The molecule has 1 fully saturated rings. The number of amides is 2. The van der Waals surface area contributed by atoms with Gasteiger partial charge in [-0.3, -0.25) is 0 Å². The second-order valence-corrected chi connectivity index (χ2v) is 7.51. The van der Waals surface area contributed by atoms with Gasteiger partial charge in [0.05, 0.1) is 0 Å². The van der Waals surface area contributed by atoms with Crippen LogP contribution in [0.15, 0.2) is 0 Å². The summed E-state index contributed by atoms with van der Waals surface area (Å²) in [6, 6.07) is -1.21. The van der Waals surface area contributed by atoms with E-state index in [1.54, 1.807) is 11.8 Å². The highest BCUT2D eigenvalue weighted by atomic mass is 32.2. The lowest BCUT2D eigenvalue weighted by Crippen LogP contribution is -2.47. The molecule has 20 heavy (non-hydrogen) atoms. The van der Waals surface area contributed by atoms with Crippen molar-refractivity contribution in [2.75, 3.05) is 18.6 Å². The van der Waals surface area contributed by atoms with E-state index in [2.05, 4.69) is 38.3 Å². The van der Waals surface area contributed by atoms with Gasteiger partial charge >= 0.3 is 12.0 Å². The SMILES string of the molecule is CSCC[C@@H](NC(=O)NCC1C(C)(C)C1(C)C)C(=O)O. The summed E-state index contributed by atoms with van der Waals surface area (Å²) in [7, 11) is 0. The molecule has 0 aromatic carbocycles. The summed E-state index contributed by atoms with van der Waals surface area (Å²) in [4.78, 5) is 22.8. The molecule has 5 nitrogen and oxygen atoms in total. The molecule has 0 heterocycles. The number of carbonyl (C=O) groups is 2. The number of carboxylic acid groups (broad SMARTS) is 1. The maximum absolute atomic E-state index is 11.8. The van der Waals surface area contributed by atoms with Crippen LogP contribution in [0.5, 0.6) is 0 Å². The molecular formula is C14H26N2O3S. The molecule has 0 unspecified atom stereocenters. The molecule has 0 aromatic heterocycles. The zero-order valence-corrected chi connectivity index (χ0v) is 13.8. The molecule has 0 aliphatic heterocycles. The standard InChI is InChI=1S/C14H26N2O3S/c1-13(2)10(14(13,3)4)8-15-12(19)16-9(11(17)18)6-7-20-5/h9-10H,6-8H2,1-5H3,(H,17,18)(H2,15,16,19)/t9-/m1/s1. The first-order valence-corrected chi connectivity index (χ1v) is 8.30. The van der Waals surface area contributed by atoms with E-state index in [1.165, 1.54) is 0 Å². The van der Waals surface area contributed by atoms with Crippen molar-refractivity contribution in [3.63, 3.8) is 0 Å². The predicted octanol–water partition coefficient (Wildman–Crippen LogP) is 2.17. The van der Waals surface area contributed by atoms with Crippen molar-refractivity contribution in [3.8, 4) is 0 Å². The van der Waals surface area contributed by atoms with Crippen LogP contribution in [0.25, 0.3) is 0 Å². The normalized spacial score (nSPS) is 21.1. The first-order valence-electron chi connectivity index (χ1n) is 6.90. The lowest BCUT2D eigenvalue weighted by Gasteiger charge is -2.15. The van der Waals surface area contributed by atoms with Crippen molar-refractivity contribution in [1.82, 2.24) is 10.6 Å². The highest BCUT2D eigenvalue weighted by Gasteiger charge is 2.64. The maximum atomic E-state index is 11.8. The summed E-state index contributed by atoms with van der Waals surface area (Å²) in [5.41, 5.74) is 0.427. The third-order valence-electron chi connectivity index (χ3n) is 5.00. The molecule has 2 amide bonds. The monoisotopic (exact) mass is 302 g/mol. The Hall–Kier alpha value is -0.910. The Morgan fingerprint density at radius 1 is 1.25 bits per heavy atom. The van der Waals surface area contributed by atoms with E-state index in [-0.39, 0.29) is 10.8 Å². The molecule has 0 spiro atoms. The molecule has 3 N–H and O–H groups in total. The number of urea groups is 1. The third-order valence-corrected chi connectivity index (χ3v) is 5.64. The number of hydrogen-bond donors (Lipinski definition) is 3. The van der Waals surface area contributed by atoms with Gasteiger partial charge in [0, 0.05) is 6.54 Å². The molecule has 0 aromatic rings. The number of rotatable bonds is 7. The fourth-order valence-corrected chi connectivity index (χ4v) is 3.21. The van der Waals surface area contributed by atoms with E-state index < -0.39 is 18.0 Å². The summed E-state index contributed by atoms with van der Waals surface area (Å²) < 4.78 is 0. The Morgan fingerprint density at radius 3 is 2.20 bits per heavy atom. The molecule has 1 aliphatic carbocycles. The number of carboxylic acids is 1. The largest absolute Gasteiger partial charge is 0.480 e. The van der Waals surface area contributed by atoms with Crippen molar-refractivity contribution in [1.29, 1.82) is 0 Å². The van der Waals surface area contributed by atoms with Crippen molar-refractivity contribution < 1.29 is 14.7 Å². The fourth-order valence-electron chi connectivity index (χ4n) is 2.74. The molecule has 0 saturated heterocycles. The van der Waals surface area contributed by atoms with Gasteiger partial charge in [0.25, 0.3) is 0 Å². The number of hydrogen-bond acceptors (Lipinski definition) is 3. The summed E-state index contributed by atoms with van der Waals surface area (Å²) >= 11 is 1.57. The lowest BCUT2D eigenvalue weighted by molar-refractivity contribution is -0.139. The van der Waals surface area contributed by atoms with Crippen LogP contribution >= 0.6 is 11.8 Å². The van der Waals surface area contributed by atoms with Gasteiger partial charge in [-0.15, -0.1) is 0 Å². The van der Waals surface area contributed by atoms with Crippen LogP contribution in [0, 0.1) is 16.7 Å². The first-order chi connectivity index (χ1) is 9.14. The third kappa shape index (κ3) is 3.59. The van der Waals surface area contributed by atoms with Crippen LogP contribution in [0.4, 0.5) is 4.79 Å². The number of thioether (sulfide) groups is 1. The topological polar surface area (TPSA) is 78.4 Å². The molecular weight excluding hydrogens is 276 g/mol. The van der Waals surface area contributed by atoms with Crippen molar-refractivity contribution >= 4 is 23.8 Å². The lowest BCUT2D eigenvalue weighted by atomic mass is 10.0. The number of nitrogens with one attached hydrogen (secondary N) is 2. The Morgan fingerprint density at radius 2 is 1.80 bits per heavy atom. The Bertz CT molecular complexity index is 369. The van der Waals surface area contributed by atoms with Gasteiger partial charge in [-0.1, -0.05) is 27.7 Å². The van der Waals surface area contributed by atoms with Gasteiger partial charge in [-0.25, -0.2) is 9.59 Å². The van der Waals surface area contributed by atoms with Crippen LogP contribution in [-0.2, 0) is 4.79 Å². The highest BCUT2D eigenvalue weighted by Crippen LogP contribution is 2.67. The van der Waals surface area contributed by atoms with Crippen molar-refractivity contribution in [2.24, 2.45) is 16.7 Å². The van der Waals surface area contributed by atoms with E-state index in [0.717, 1.165) is 0 Å². The highest BCUT2D eigenvalue weighted by molar-refractivity contribution is 7.98.